The number of aromatic amines is 1. The number of nitrogen functional groups attached to an aromatic ring is 1. The number of carbonyl (C=O) groups excluding carboxylic acids is 1. The molecule has 0 atom stereocenters. The molecule has 0 aliphatic heterocycles. The first-order valence-corrected chi connectivity index (χ1v) is 3.90. The minimum absolute atomic E-state index is 0.225. The molecule has 0 aliphatic carbocycles. The lowest BCUT2D eigenvalue weighted by Gasteiger charge is -2.02. The Kier molecular flexibility index (Phi) is 3.05. The molecule has 1 rings (SSSR count). The van der Waals surface area contributed by atoms with Crippen LogP contribution >= 0.6 is 0 Å². The number of nitrogens with zero attached hydrogens (tertiary/aromatic N) is 3. The first kappa shape index (κ1) is 10.0. The van der Waals surface area contributed by atoms with Gasteiger partial charge in [-0.1, -0.05) is 0 Å². The van der Waals surface area contributed by atoms with Crippen molar-refractivity contribution in [3.05, 3.63) is 11.8 Å². The molecule has 0 aliphatic rings. The molecule has 1 heterocycles. The minimum atomic E-state index is -0.394. The van der Waals surface area contributed by atoms with Gasteiger partial charge in [-0.3, -0.25) is 9.89 Å². The molecule has 7 nitrogen and oxygen atoms in total. The Morgan fingerprint density at radius 3 is 3.00 bits per heavy atom. The third kappa shape index (κ3) is 2.47. The van der Waals surface area contributed by atoms with Crippen molar-refractivity contribution in [2.24, 2.45) is 5.10 Å². The summed E-state index contributed by atoms with van der Waals surface area (Å²) in [5.41, 5.74) is 8.02. The molecule has 76 valence electrons. The quantitative estimate of drug-likeness (QED) is 0.335. The van der Waals surface area contributed by atoms with Crippen LogP contribution in [0, 0.1) is 0 Å². The van der Waals surface area contributed by atoms with Gasteiger partial charge < -0.3 is 10.6 Å². The lowest BCUT2D eigenvalue weighted by Crippen LogP contribution is -2.20. The van der Waals surface area contributed by atoms with Gasteiger partial charge in [-0.2, -0.15) is 10.2 Å². The van der Waals surface area contributed by atoms with Crippen molar-refractivity contribution in [1.82, 2.24) is 20.5 Å². The fourth-order valence-corrected chi connectivity index (χ4v) is 0.740. The van der Waals surface area contributed by atoms with Crippen molar-refractivity contribution in [2.75, 3.05) is 19.8 Å². The highest BCUT2D eigenvalue weighted by atomic mass is 16.2. The summed E-state index contributed by atoms with van der Waals surface area (Å²) < 4.78 is 0. The first-order chi connectivity index (χ1) is 6.61. The molecule has 0 saturated carbocycles. The third-order valence-electron chi connectivity index (χ3n) is 1.37. The van der Waals surface area contributed by atoms with Gasteiger partial charge in [0.25, 0.3) is 5.91 Å². The van der Waals surface area contributed by atoms with Gasteiger partial charge in [0, 0.05) is 14.1 Å². The van der Waals surface area contributed by atoms with Gasteiger partial charge in [0.2, 0.25) is 0 Å². The lowest BCUT2D eigenvalue weighted by atomic mass is 10.3. The molecule has 7 heteroatoms. The molecule has 1 amide bonds. The maximum absolute atomic E-state index is 11.3. The average molecular weight is 196 g/mol. The van der Waals surface area contributed by atoms with Crippen molar-refractivity contribution in [1.29, 1.82) is 0 Å². The van der Waals surface area contributed by atoms with E-state index in [0.29, 0.717) is 0 Å². The van der Waals surface area contributed by atoms with Crippen molar-refractivity contribution in [3.8, 4) is 0 Å². The molecule has 1 aromatic rings. The Morgan fingerprint density at radius 1 is 1.79 bits per heavy atom. The zero-order valence-electron chi connectivity index (χ0n) is 7.98. The summed E-state index contributed by atoms with van der Waals surface area (Å²) >= 11 is 0. The van der Waals surface area contributed by atoms with E-state index in [9.17, 15) is 4.79 Å². The Labute approximate surface area is 81.0 Å². The van der Waals surface area contributed by atoms with E-state index in [1.807, 2.05) is 0 Å². The van der Waals surface area contributed by atoms with E-state index in [0.717, 1.165) is 0 Å². The highest BCUT2D eigenvalue weighted by Gasteiger charge is 2.09. The van der Waals surface area contributed by atoms with Gasteiger partial charge in [-0.15, -0.1) is 0 Å². The Hall–Kier alpha value is -2.05. The normalized spacial score (nSPS) is 10.4. The van der Waals surface area contributed by atoms with E-state index in [1.165, 1.54) is 12.5 Å². The molecule has 4 N–H and O–H groups in total. The van der Waals surface area contributed by atoms with Crippen LogP contribution in [0.5, 0.6) is 0 Å². The Morgan fingerprint density at radius 2 is 2.50 bits per heavy atom. The van der Waals surface area contributed by atoms with Crippen LogP contribution in [0.2, 0.25) is 0 Å². The fraction of sp³-hybridized carbons (Fsp3) is 0.286. The summed E-state index contributed by atoms with van der Waals surface area (Å²) in [5.74, 6) is -0.170. The number of rotatable bonds is 3. The molecule has 0 saturated heterocycles. The number of aromatic nitrogens is 2. The highest BCUT2D eigenvalue weighted by Crippen LogP contribution is 2.04. The summed E-state index contributed by atoms with van der Waals surface area (Å²) in [6, 6.07) is 0. The van der Waals surface area contributed by atoms with E-state index in [-0.39, 0.29) is 11.4 Å². The number of H-pyrrole nitrogens is 1. The number of anilines is 1. The van der Waals surface area contributed by atoms with E-state index >= 15 is 0 Å². The SMILES string of the molecule is CN(C)/C=N/NC(=O)c1cn[nH]c1N. The Balaban J connectivity index is 2.56. The second-order valence-electron chi connectivity index (χ2n) is 2.85. The highest BCUT2D eigenvalue weighted by molar-refractivity contribution is 5.98. The van der Waals surface area contributed by atoms with E-state index in [2.05, 4.69) is 20.7 Å². The summed E-state index contributed by atoms with van der Waals surface area (Å²) in [4.78, 5) is 13.0. The van der Waals surface area contributed by atoms with Gasteiger partial charge in [0.15, 0.2) is 0 Å². The number of amides is 1. The van der Waals surface area contributed by atoms with Gasteiger partial charge in [-0.05, 0) is 0 Å². The number of hydrogen-bond donors (Lipinski definition) is 3. The monoisotopic (exact) mass is 196 g/mol. The van der Waals surface area contributed by atoms with Crippen molar-refractivity contribution in [3.63, 3.8) is 0 Å². The molecular formula is C7H12N6O. The second-order valence-corrected chi connectivity index (χ2v) is 2.85. The predicted octanol–water partition coefficient (Wildman–Crippen LogP) is -0.773. The molecule has 0 bridgehead atoms. The topological polar surface area (TPSA) is 99.4 Å². The van der Waals surface area contributed by atoms with Crippen molar-refractivity contribution < 1.29 is 4.79 Å². The van der Waals surface area contributed by atoms with Gasteiger partial charge in [0.1, 0.15) is 17.7 Å². The van der Waals surface area contributed by atoms with E-state index in [1.54, 1.807) is 19.0 Å². The van der Waals surface area contributed by atoms with Crippen LogP contribution in [0.4, 0.5) is 5.82 Å². The zero-order valence-corrected chi connectivity index (χ0v) is 7.98. The van der Waals surface area contributed by atoms with E-state index < -0.39 is 5.91 Å². The summed E-state index contributed by atoms with van der Waals surface area (Å²) in [6.45, 7) is 0. The van der Waals surface area contributed by atoms with E-state index in [4.69, 9.17) is 5.73 Å². The van der Waals surface area contributed by atoms with Crippen molar-refractivity contribution in [2.45, 2.75) is 0 Å². The third-order valence-corrected chi connectivity index (χ3v) is 1.37. The van der Waals surface area contributed by atoms with Crippen molar-refractivity contribution >= 4 is 18.1 Å². The maximum Gasteiger partial charge on any atom is 0.276 e. The van der Waals surface area contributed by atoms with Gasteiger partial charge in [-0.25, -0.2) is 5.43 Å². The molecule has 1 aromatic heterocycles. The zero-order chi connectivity index (χ0) is 10.6. The Bertz CT molecular complexity index is 342. The number of carbonyl (C=O) groups is 1. The van der Waals surface area contributed by atoms with Crippen LogP contribution in [0.3, 0.4) is 0 Å². The van der Waals surface area contributed by atoms with Crippen LogP contribution in [-0.2, 0) is 0 Å². The number of nitrogens with one attached hydrogen (secondary N) is 2. The fourth-order valence-electron chi connectivity index (χ4n) is 0.740. The maximum atomic E-state index is 11.3. The van der Waals surface area contributed by atoms with Crippen LogP contribution < -0.4 is 11.2 Å². The predicted molar refractivity (Wildman–Crippen MR) is 52.6 cm³/mol. The molecule has 14 heavy (non-hydrogen) atoms. The molecule has 0 unspecified atom stereocenters. The standard InChI is InChI=1S/C7H12N6O/c1-13(2)4-10-12-7(14)5-3-9-11-6(5)8/h3-4H,1-2H3,(H,12,14)(H3,8,9,11)/b10-4+. The molecule has 0 aromatic carbocycles. The number of hydrazone groups is 1. The summed E-state index contributed by atoms with van der Waals surface area (Å²) in [5, 5.41) is 9.74. The van der Waals surface area contributed by atoms with Crippen LogP contribution in [0.15, 0.2) is 11.3 Å². The number of hydrogen-bond acceptors (Lipinski definition) is 4. The van der Waals surface area contributed by atoms with Gasteiger partial charge in [0.05, 0.1) is 6.20 Å². The first-order valence-electron chi connectivity index (χ1n) is 3.90. The van der Waals surface area contributed by atoms with Gasteiger partial charge >= 0.3 is 0 Å². The molecule has 0 radical (unpaired) electrons. The smallest absolute Gasteiger partial charge is 0.276 e. The van der Waals surface area contributed by atoms with Crippen LogP contribution in [0.25, 0.3) is 0 Å². The average Bonchev–Trinajstić information content (AvgIpc) is 2.50. The van der Waals surface area contributed by atoms with Crippen LogP contribution in [-0.4, -0.2) is 41.4 Å². The molecule has 0 spiro atoms. The number of nitrogens with two attached hydrogens (primary N) is 1. The second kappa shape index (κ2) is 4.26. The molecular weight excluding hydrogens is 184 g/mol. The summed E-state index contributed by atoms with van der Waals surface area (Å²) in [6.07, 6.45) is 2.81. The minimum Gasteiger partial charge on any atom is -0.383 e. The van der Waals surface area contributed by atoms with Crippen LogP contribution in [0.1, 0.15) is 10.4 Å². The molecule has 0 fully saturated rings. The summed E-state index contributed by atoms with van der Waals surface area (Å²) in [7, 11) is 3.59. The lowest BCUT2D eigenvalue weighted by molar-refractivity contribution is 0.0955. The largest absolute Gasteiger partial charge is 0.383 e.